The molecule has 0 spiro atoms. The van der Waals surface area contributed by atoms with Crippen LogP contribution in [0.15, 0.2) is 42.6 Å². The molecule has 1 amide bonds. The average Bonchev–Trinajstić information content (AvgIpc) is 2.60. The van der Waals surface area contributed by atoms with Gasteiger partial charge in [0.1, 0.15) is 11.4 Å². The lowest BCUT2D eigenvalue weighted by Gasteiger charge is -2.08. The number of methoxy groups -OCH3 is 1. The van der Waals surface area contributed by atoms with E-state index in [0.29, 0.717) is 12.2 Å². The average molecular weight is 313 g/mol. The van der Waals surface area contributed by atoms with E-state index in [4.69, 9.17) is 4.74 Å². The normalized spacial score (nSPS) is 10.2. The fraction of sp³-hybridized carbons (Fsp3) is 0.333. The van der Waals surface area contributed by atoms with Crippen LogP contribution < -0.4 is 15.4 Å². The second-order valence-corrected chi connectivity index (χ2v) is 5.25. The van der Waals surface area contributed by atoms with Crippen LogP contribution in [0.3, 0.4) is 0 Å². The quantitative estimate of drug-likeness (QED) is 0.729. The third-order valence-electron chi connectivity index (χ3n) is 3.44. The van der Waals surface area contributed by atoms with E-state index in [-0.39, 0.29) is 5.91 Å². The summed E-state index contributed by atoms with van der Waals surface area (Å²) < 4.78 is 5.12. The van der Waals surface area contributed by atoms with Crippen molar-refractivity contribution in [3.05, 3.63) is 48.3 Å². The zero-order valence-corrected chi connectivity index (χ0v) is 13.6. The third kappa shape index (κ3) is 5.29. The van der Waals surface area contributed by atoms with Gasteiger partial charge < -0.3 is 15.4 Å². The summed E-state index contributed by atoms with van der Waals surface area (Å²) in [6.07, 6.45) is 4.92. The highest BCUT2D eigenvalue weighted by molar-refractivity contribution is 5.92. The maximum Gasteiger partial charge on any atom is 0.269 e. The van der Waals surface area contributed by atoms with Gasteiger partial charge >= 0.3 is 0 Å². The second-order valence-electron chi connectivity index (χ2n) is 5.25. The Balaban J connectivity index is 1.89. The molecular weight excluding hydrogens is 290 g/mol. The Labute approximate surface area is 137 Å². The molecule has 2 rings (SSSR count). The highest BCUT2D eigenvalue weighted by Crippen LogP contribution is 2.19. The van der Waals surface area contributed by atoms with E-state index in [0.717, 1.165) is 36.4 Å². The molecule has 0 bridgehead atoms. The Bertz CT molecular complexity index is 609. The number of anilines is 2. The molecule has 0 fully saturated rings. The fourth-order valence-corrected chi connectivity index (χ4v) is 2.11. The minimum atomic E-state index is -0.128. The number of carbonyl (C=O) groups excluding carboxylic acids is 1. The Morgan fingerprint density at radius 3 is 2.43 bits per heavy atom. The zero-order chi connectivity index (χ0) is 16.5. The number of aromatic nitrogens is 1. The summed E-state index contributed by atoms with van der Waals surface area (Å²) in [6, 6.07) is 11.2. The van der Waals surface area contributed by atoms with Crippen LogP contribution in [0.5, 0.6) is 5.75 Å². The Kier molecular flexibility index (Phi) is 6.41. The van der Waals surface area contributed by atoms with E-state index in [1.165, 1.54) is 0 Å². The van der Waals surface area contributed by atoms with Crippen LogP contribution in [0.25, 0.3) is 0 Å². The van der Waals surface area contributed by atoms with Crippen LogP contribution in [0.4, 0.5) is 11.4 Å². The van der Waals surface area contributed by atoms with Crippen molar-refractivity contribution >= 4 is 17.3 Å². The van der Waals surface area contributed by atoms with Gasteiger partial charge in [0, 0.05) is 12.2 Å². The topological polar surface area (TPSA) is 63.2 Å². The molecule has 1 heterocycles. The van der Waals surface area contributed by atoms with Gasteiger partial charge in [-0.05, 0) is 42.8 Å². The molecule has 0 saturated heterocycles. The van der Waals surface area contributed by atoms with E-state index in [1.807, 2.05) is 30.3 Å². The van der Waals surface area contributed by atoms with Crippen molar-refractivity contribution < 1.29 is 9.53 Å². The molecule has 2 aromatic rings. The maximum absolute atomic E-state index is 11.9. The molecule has 0 aliphatic heterocycles. The molecule has 0 aliphatic rings. The van der Waals surface area contributed by atoms with Crippen LogP contribution in [0.2, 0.25) is 0 Å². The standard InChI is InChI=1S/C18H23N3O2/c1-3-4-5-12-19-18(22)17-11-8-15(13-20-17)21-14-6-9-16(23-2)10-7-14/h6-11,13,21H,3-5,12H2,1-2H3,(H,19,22). The van der Waals surface area contributed by atoms with Crippen molar-refractivity contribution in [3.63, 3.8) is 0 Å². The molecule has 2 N–H and O–H groups in total. The summed E-state index contributed by atoms with van der Waals surface area (Å²) in [6.45, 7) is 2.83. The lowest BCUT2D eigenvalue weighted by atomic mass is 10.2. The summed E-state index contributed by atoms with van der Waals surface area (Å²) in [5.74, 6) is 0.681. The zero-order valence-electron chi connectivity index (χ0n) is 13.6. The predicted molar refractivity (Wildman–Crippen MR) is 92.4 cm³/mol. The van der Waals surface area contributed by atoms with Gasteiger partial charge in [0.15, 0.2) is 0 Å². The summed E-state index contributed by atoms with van der Waals surface area (Å²) in [5.41, 5.74) is 2.20. The van der Waals surface area contributed by atoms with Crippen molar-refractivity contribution in [2.24, 2.45) is 0 Å². The highest BCUT2D eigenvalue weighted by Gasteiger charge is 2.06. The van der Waals surface area contributed by atoms with E-state index < -0.39 is 0 Å². The minimum absolute atomic E-state index is 0.128. The molecule has 5 nitrogen and oxygen atoms in total. The van der Waals surface area contributed by atoms with E-state index in [1.54, 1.807) is 19.4 Å². The Morgan fingerprint density at radius 2 is 1.83 bits per heavy atom. The van der Waals surface area contributed by atoms with Gasteiger partial charge in [-0.25, -0.2) is 4.98 Å². The van der Waals surface area contributed by atoms with E-state index >= 15 is 0 Å². The number of hydrogen-bond acceptors (Lipinski definition) is 4. The first-order valence-electron chi connectivity index (χ1n) is 7.88. The van der Waals surface area contributed by atoms with E-state index in [2.05, 4.69) is 22.5 Å². The van der Waals surface area contributed by atoms with Gasteiger partial charge in [0.25, 0.3) is 5.91 Å². The molecule has 5 heteroatoms. The van der Waals surface area contributed by atoms with Crippen LogP contribution in [0.1, 0.15) is 36.7 Å². The number of hydrogen-bond donors (Lipinski definition) is 2. The number of nitrogens with zero attached hydrogens (tertiary/aromatic N) is 1. The number of ether oxygens (including phenoxy) is 1. The lowest BCUT2D eigenvalue weighted by Crippen LogP contribution is -2.25. The monoisotopic (exact) mass is 313 g/mol. The molecule has 122 valence electrons. The molecule has 1 aromatic heterocycles. The largest absolute Gasteiger partial charge is 0.497 e. The molecule has 1 aromatic carbocycles. The Hall–Kier alpha value is -2.56. The van der Waals surface area contributed by atoms with Gasteiger partial charge in [-0.2, -0.15) is 0 Å². The number of amides is 1. The molecule has 0 atom stereocenters. The molecule has 0 saturated carbocycles. The summed E-state index contributed by atoms with van der Waals surface area (Å²) in [4.78, 5) is 16.1. The molecule has 0 radical (unpaired) electrons. The smallest absolute Gasteiger partial charge is 0.269 e. The number of unbranched alkanes of at least 4 members (excludes halogenated alkanes) is 2. The van der Waals surface area contributed by atoms with Gasteiger partial charge in [-0.1, -0.05) is 19.8 Å². The Morgan fingerprint density at radius 1 is 1.09 bits per heavy atom. The number of rotatable bonds is 8. The second kappa shape index (κ2) is 8.78. The SMILES string of the molecule is CCCCCNC(=O)c1ccc(Nc2ccc(OC)cc2)cn1. The van der Waals surface area contributed by atoms with Gasteiger partial charge in [0.05, 0.1) is 19.0 Å². The maximum atomic E-state index is 11.9. The number of carbonyl (C=O) groups is 1. The van der Waals surface area contributed by atoms with Crippen LogP contribution in [-0.4, -0.2) is 24.5 Å². The van der Waals surface area contributed by atoms with E-state index in [9.17, 15) is 4.79 Å². The molecule has 0 aliphatic carbocycles. The van der Waals surface area contributed by atoms with Crippen LogP contribution in [-0.2, 0) is 0 Å². The van der Waals surface area contributed by atoms with Crippen molar-refractivity contribution in [1.82, 2.24) is 10.3 Å². The lowest BCUT2D eigenvalue weighted by molar-refractivity contribution is 0.0948. The van der Waals surface area contributed by atoms with Gasteiger partial charge in [-0.3, -0.25) is 4.79 Å². The minimum Gasteiger partial charge on any atom is -0.497 e. The predicted octanol–water partition coefficient (Wildman–Crippen LogP) is 3.75. The summed E-state index contributed by atoms with van der Waals surface area (Å²) in [7, 11) is 1.64. The molecular formula is C18H23N3O2. The van der Waals surface area contributed by atoms with Crippen molar-refractivity contribution in [2.75, 3.05) is 19.0 Å². The first-order valence-corrected chi connectivity index (χ1v) is 7.88. The van der Waals surface area contributed by atoms with Crippen molar-refractivity contribution in [3.8, 4) is 5.75 Å². The van der Waals surface area contributed by atoms with Crippen LogP contribution in [0, 0.1) is 0 Å². The first kappa shape index (κ1) is 16.8. The molecule has 0 unspecified atom stereocenters. The van der Waals surface area contributed by atoms with Crippen LogP contribution >= 0.6 is 0 Å². The first-order chi connectivity index (χ1) is 11.2. The highest BCUT2D eigenvalue weighted by atomic mass is 16.5. The summed E-state index contributed by atoms with van der Waals surface area (Å²) >= 11 is 0. The van der Waals surface area contributed by atoms with Gasteiger partial charge in [-0.15, -0.1) is 0 Å². The fourth-order valence-electron chi connectivity index (χ4n) is 2.11. The third-order valence-corrected chi connectivity index (χ3v) is 3.44. The molecule has 23 heavy (non-hydrogen) atoms. The number of benzene rings is 1. The van der Waals surface area contributed by atoms with Crippen molar-refractivity contribution in [1.29, 1.82) is 0 Å². The summed E-state index contributed by atoms with van der Waals surface area (Å²) in [5, 5.41) is 6.11. The van der Waals surface area contributed by atoms with Gasteiger partial charge in [0.2, 0.25) is 0 Å². The number of nitrogens with one attached hydrogen (secondary N) is 2. The van der Waals surface area contributed by atoms with Crippen molar-refractivity contribution in [2.45, 2.75) is 26.2 Å². The number of pyridine rings is 1.